The van der Waals surface area contributed by atoms with Gasteiger partial charge in [-0.05, 0) is 12.5 Å². The standard InChI is InChI=1S/C7H12N2O/c1-6(2)4-9-5-7(10)8-3/h4H,1,5H2,2-3H3,(H,8,10). The monoisotopic (exact) mass is 140 g/mol. The third-order valence-electron chi connectivity index (χ3n) is 0.825. The molecule has 3 heteroatoms. The average molecular weight is 140 g/mol. The maximum absolute atomic E-state index is 10.5. The Hall–Kier alpha value is -1.12. The molecule has 0 aliphatic carbocycles. The molecular formula is C7H12N2O. The number of likely N-dealkylation sites (N-methyl/N-ethyl adjacent to an activating group) is 1. The Labute approximate surface area is 60.8 Å². The minimum atomic E-state index is -0.0856. The van der Waals surface area contributed by atoms with Gasteiger partial charge in [-0.1, -0.05) is 6.58 Å². The van der Waals surface area contributed by atoms with Gasteiger partial charge in [-0.3, -0.25) is 9.79 Å². The minimum Gasteiger partial charge on any atom is -0.358 e. The number of carbonyl (C=O) groups is 1. The molecule has 0 aliphatic heterocycles. The van der Waals surface area contributed by atoms with E-state index in [1.807, 2.05) is 6.92 Å². The molecule has 10 heavy (non-hydrogen) atoms. The van der Waals surface area contributed by atoms with Crippen LogP contribution in [-0.2, 0) is 4.79 Å². The van der Waals surface area contributed by atoms with Crippen molar-refractivity contribution in [2.24, 2.45) is 4.99 Å². The molecular weight excluding hydrogens is 128 g/mol. The quantitative estimate of drug-likeness (QED) is 0.566. The molecule has 1 N–H and O–H groups in total. The van der Waals surface area contributed by atoms with Crippen LogP contribution in [0, 0.1) is 0 Å². The Morgan fingerprint density at radius 3 is 2.80 bits per heavy atom. The van der Waals surface area contributed by atoms with Crippen molar-refractivity contribution in [2.75, 3.05) is 13.6 Å². The van der Waals surface area contributed by atoms with Crippen molar-refractivity contribution in [1.82, 2.24) is 5.32 Å². The van der Waals surface area contributed by atoms with Gasteiger partial charge in [0.05, 0.1) is 0 Å². The van der Waals surface area contributed by atoms with E-state index < -0.39 is 0 Å². The zero-order valence-electron chi connectivity index (χ0n) is 6.35. The molecule has 0 radical (unpaired) electrons. The Morgan fingerprint density at radius 2 is 2.40 bits per heavy atom. The summed E-state index contributed by atoms with van der Waals surface area (Å²) >= 11 is 0. The van der Waals surface area contributed by atoms with Crippen LogP contribution < -0.4 is 5.32 Å². The Balaban J connectivity index is 3.53. The molecule has 1 amide bonds. The van der Waals surface area contributed by atoms with Crippen molar-refractivity contribution < 1.29 is 4.79 Å². The third-order valence-corrected chi connectivity index (χ3v) is 0.825. The second-order valence-electron chi connectivity index (χ2n) is 1.99. The molecule has 0 spiro atoms. The molecule has 0 bridgehead atoms. The number of amides is 1. The molecule has 0 unspecified atom stereocenters. The summed E-state index contributed by atoms with van der Waals surface area (Å²) in [7, 11) is 1.58. The second kappa shape index (κ2) is 4.73. The SMILES string of the molecule is C=C(C)C=NCC(=O)NC. The maximum atomic E-state index is 10.5. The van der Waals surface area contributed by atoms with Gasteiger partial charge >= 0.3 is 0 Å². The highest BCUT2D eigenvalue weighted by molar-refractivity contribution is 5.82. The van der Waals surface area contributed by atoms with E-state index in [9.17, 15) is 4.79 Å². The van der Waals surface area contributed by atoms with Crippen LogP contribution in [0.3, 0.4) is 0 Å². The number of nitrogens with one attached hydrogen (secondary N) is 1. The van der Waals surface area contributed by atoms with Crippen molar-refractivity contribution in [2.45, 2.75) is 6.92 Å². The lowest BCUT2D eigenvalue weighted by Gasteiger charge is -1.91. The summed E-state index contributed by atoms with van der Waals surface area (Å²) in [5.41, 5.74) is 0.851. The molecule has 0 rings (SSSR count). The van der Waals surface area contributed by atoms with Gasteiger partial charge in [-0.25, -0.2) is 0 Å². The Bertz CT molecular complexity index is 161. The van der Waals surface area contributed by atoms with Gasteiger partial charge in [-0.15, -0.1) is 0 Å². The minimum absolute atomic E-state index is 0.0856. The average Bonchev–Trinajstić information content (AvgIpc) is 1.87. The lowest BCUT2D eigenvalue weighted by molar-refractivity contribution is -0.119. The van der Waals surface area contributed by atoms with Gasteiger partial charge in [0.25, 0.3) is 0 Å². The second-order valence-corrected chi connectivity index (χ2v) is 1.99. The van der Waals surface area contributed by atoms with Gasteiger partial charge in [-0.2, -0.15) is 0 Å². The van der Waals surface area contributed by atoms with Gasteiger partial charge in [0, 0.05) is 13.3 Å². The van der Waals surface area contributed by atoms with Crippen LogP contribution in [0.5, 0.6) is 0 Å². The fraction of sp³-hybridized carbons (Fsp3) is 0.429. The van der Waals surface area contributed by atoms with Crippen LogP contribution in [0.1, 0.15) is 6.92 Å². The fourth-order valence-electron chi connectivity index (χ4n) is 0.363. The number of carbonyl (C=O) groups excluding carboxylic acids is 1. The summed E-state index contributed by atoms with van der Waals surface area (Å²) in [6.45, 7) is 5.61. The summed E-state index contributed by atoms with van der Waals surface area (Å²) in [5, 5.41) is 2.46. The van der Waals surface area contributed by atoms with E-state index in [4.69, 9.17) is 0 Å². The van der Waals surface area contributed by atoms with E-state index in [0.717, 1.165) is 5.57 Å². The van der Waals surface area contributed by atoms with Crippen LogP contribution in [0.15, 0.2) is 17.1 Å². The van der Waals surface area contributed by atoms with Gasteiger partial charge in [0.1, 0.15) is 6.54 Å². The van der Waals surface area contributed by atoms with Crippen molar-refractivity contribution in [3.05, 3.63) is 12.2 Å². The summed E-state index contributed by atoms with van der Waals surface area (Å²) in [5.74, 6) is -0.0856. The van der Waals surface area contributed by atoms with E-state index in [0.29, 0.717) is 0 Å². The number of rotatable bonds is 3. The lowest BCUT2D eigenvalue weighted by Crippen LogP contribution is -2.20. The molecule has 0 saturated carbocycles. The van der Waals surface area contributed by atoms with Gasteiger partial charge in [0.2, 0.25) is 5.91 Å². The first-order valence-corrected chi connectivity index (χ1v) is 3.02. The third kappa shape index (κ3) is 5.03. The van der Waals surface area contributed by atoms with Crippen LogP contribution in [0.25, 0.3) is 0 Å². The van der Waals surface area contributed by atoms with Crippen molar-refractivity contribution in [3.63, 3.8) is 0 Å². The lowest BCUT2D eigenvalue weighted by atomic mass is 10.4. The summed E-state index contributed by atoms with van der Waals surface area (Å²) < 4.78 is 0. The number of hydrogen-bond donors (Lipinski definition) is 1. The smallest absolute Gasteiger partial charge is 0.241 e. The van der Waals surface area contributed by atoms with E-state index >= 15 is 0 Å². The van der Waals surface area contributed by atoms with Crippen LogP contribution >= 0.6 is 0 Å². The van der Waals surface area contributed by atoms with Crippen molar-refractivity contribution >= 4 is 12.1 Å². The molecule has 0 atom stereocenters. The zero-order valence-corrected chi connectivity index (χ0v) is 6.35. The summed E-state index contributed by atoms with van der Waals surface area (Å²) in [6.07, 6.45) is 1.58. The number of allylic oxidation sites excluding steroid dienone is 1. The number of nitrogens with zero attached hydrogens (tertiary/aromatic N) is 1. The first-order chi connectivity index (χ1) is 4.66. The van der Waals surface area contributed by atoms with E-state index in [2.05, 4.69) is 16.9 Å². The maximum Gasteiger partial charge on any atom is 0.241 e. The van der Waals surface area contributed by atoms with Crippen LogP contribution in [0.4, 0.5) is 0 Å². The largest absolute Gasteiger partial charge is 0.358 e. The van der Waals surface area contributed by atoms with E-state index in [-0.39, 0.29) is 12.5 Å². The molecule has 0 aromatic carbocycles. The van der Waals surface area contributed by atoms with Crippen LogP contribution in [-0.4, -0.2) is 25.7 Å². The highest BCUT2D eigenvalue weighted by Crippen LogP contribution is 1.79. The topological polar surface area (TPSA) is 41.5 Å². The summed E-state index contributed by atoms with van der Waals surface area (Å²) in [4.78, 5) is 14.3. The Morgan fingerprint density at radius 1 is 1.80 bits per heavy atom. The zero-order chi connectivity index (χ0) is 7.98. The molecule has 0 aromatic rings. The van der Waals surface area contributed by atoms with Crippen molar-refractivity contribution in [1.29, 1.82) is 0 Å². The first-order valence-electron chi connectivity index (χ1n) is 3.02. The highest BCUT2D eigenvalue weighted by atomic mass is 16.1. The van der Waals surface area contributed by atoms with E-state index in [1.54, 1.807) is 13.3 Å². The molecule has 0 fully saturated rings. The van der Waals surface area contributed by atoms with Gasteiger partial charge in [0.15, 0.2) is 0 Å². The first kappa shape index (κ1) is 8.88. The molecule has 3 nitrogen and oxygen atoms in total. The van der Waals surface area contributed by atoms with E-state index in [1.165, 1.54) is 0 Å². The van der Waals surface area contributed by atoms with Crippen LogP contribution in [0.2, 0.25) is 0 Å². The number of aliphatic imine (C=N–C) groups is 1. The molecule has 0 heterocycles. The highest BCUT2D eigenvalue weighted by Gasteiger charge is 1.90. The van der Waals surface area contributed by atoms with Crippen molar-refractivity contribution in [3.8, 4) is 0 Å². The molecule has 0 aliphatic rings. The molecule has 56 valence electrons. The predicted octanol–water partition coefficient (Wildman–Crippen LogP) is 0.379. The normalized spacial score (nSPS) is 9.80. The predicted molar refractivity (Wildman–Crippen MR) is 42.2 cm³/mol. The Kier molecular flexibility index (Phi) is 4.20. The number of hydrogen-bond acceptors (Lipinski definition) is 2. The molecule has 0 saturated heterocycles. The summed E-state index contributed by atoms with van der Waals surface area (Å²) in [6, 6.07) is 0. The fourth-order valence-corrected chi connectivity index (χ4v) is 0.363. The molecule has 0 aromatic heterocycles. The van der Waals surface area contributed by atoms with Gasteiger partial charge < -0.3 is 5.32 Å².